The lowest BCUT2D eigenvalue weighted by Crippen LogP contribution is -2.37. The second kappa shape index (κ2) is 6.40. The maximum atomic E-state index is 11.1. The molecule has 0 aromatic carbocycles. The first-order chi connectivity index (χ1) is 6.15. The van der Waals surface area contributed by atoms with Crippen LogP contribution in [0, 0.1) is 17.2 Å². The van der Waals surface area contributed by atoms with E-state index < -0.39 is 24.5 Å². The van der Waals surface area contributed by atoms with Crippen LogP contribution in [0.15, 0.2) is 0 Å². The van der Waals surface area contributed by atoms with Gasteiger partial charge in [-0.15, -0.1) is 0 Å². The van der Waals surface area contributed by atoms with Gasteiger partial charge in [0.2, 0.25) is 5.91 Å². The summed E-state index contributed by atoms with van der Waals surface area (Å²) < 4.78 is 0. The number of nitrogens with zero attached hydrogens (tertiary/aromatic N) is 1. The number of aliphatic hydroxyl groups is 2. The van der Waals surface area contributed by atoms with Gasteiger partial charge in [0.15, 0.2) is 0 Å². The number of nitriles is 1. The van der Waals surface area contributed by atoms with E-state index in [4.69, 9.17) is 15.5 Å². The number of carbonyl (C=O) groups excluding carboxylic acids is 1. The standard InChI is InChI=1S/C8H14N2O3/c1-2-6(3-9)8(13)10-4-7(12)5-11/h6-7,11-12H,2,4-5H2,1H3,(H,10,13). The molecule has 0 aliphatic rings. The molecule has 0 aliphatic heterocycles. The molecule has 0 aromatic rings. The van der Waals surface area contributed by atoms with Gasteiger partial charge in [-0.2, -0.15) is 5.26 Å². The molecule has 0 saturated carbocycles. The summed E-state index contributed by atoms with van der Waals surface area (Å²) >= 11 is 0. The fraction of sp³-hybridized carbons (Fsp3) is 0.750. The lowest BCUT2D eigenvalue weighted by atomic mass is 10.1. The third kappa shape index (κ3) is 4.45. The molecule has 5 nitrogen and oxygen atoms in total. The number of nitrogens with one attached hydrogen (secondary N) is 1. The topological polar surface area (TPSA) is 93.4 Å². The summed E-state index contributed by atoms with van der Waals surface area (Å²) in [4.78, 5) is 11.1. The number of hydrogen-bond donors (Lipinski definition) is 3. The summed E-state index contributed by atoms with van der Waals surface area (Å²) in [6.45, 7) is 1.31. The van der Waals surface area contributed by atoms with E-state index in [0.29, 0.717) is 6.42 Å². The van der Waals surface area contributed by atoms with E-state index in [-0.39, 0.29) is 6.54 Å². The summed E-state index contributed by atoms with van der Waals surface area (Å²) in [5.41, 5.74) is 0. The van der Waals surface area contributed by atoms with E-state index in [1.165, 1.54) is 0 Å². The quantitative estimate of drug-likeness (QED) is 0.513. The van der Waals surface area contributed by atoms with Crippen molar-refractivity contribution in [3.05, 3.63) is 0 Å². The van der Waals surface area contributed by atoms with Crippen molar-refractivity contribution in [2.75, 3.05) is 13.2 Å². The second-order valence-electron chi connectivity index (χ2n) is 2.67. The number of hydrogen-bond acceptors (Lipinski definition) is 4. The molecule has 1 amide bonds. The van der Waals surface area contributed by atoms with E-state index in [9.17, 15) is 4.79 Å². The Morgan fingerprint density at radius 2 is 2.31 bits per heavy atom. The monoisotopic (exact) mass is 186 g/mol. The van der Waals surface area contributed by atoms with Crippen LogP contribution in [-0.4, -0.2) is 35.4 Å². The van der Waals surface area contributed by atoms with Gasteiger partial charge in [-0.05, 0) is 6.42 Å². The maximum absolute atomic E-state index is 11.1. The van der Waals surface area contributed by atoms with Crippen LogP contribution in [0.2, 0.25) is 0 Å². The fourth-order valence-electron chi connectivity index (χ4n) is 0.741. The summed E-state index contributed by atoms with van der Waals surface area (Å²) in [5, 5.41) is 28.2. The lowest BCUT2D eigenvalue weighted by molar-refractivity contribution is -0.124. The van der Waals surface area contributed by atoms with Crippen LogP contribution in [-0.2, 0) is 4.79 Å². The zero-order chi connectivity index (χ0) is 10.3. The van der Waals surface area contributed by atoms with Crippen molar-refractivity contribution in [1.82, 2.24) is 5.32 Å². The molecule has 74 valence electrons. The SMILES string of the molecule is CCC(C#N)C(=O)NCC(O)CO. The van der Waals surface area contributed by atoms with E-state index in [0.717, 1.165) is 0 Å². The van der Waals surface area contributed by atoms with Gasteiger partial charge in [0.25, 0.3) is 0 Å². The van der Waals surface area contributed by atoms with Crippen molar-refractivity contribution in [2.45, 2.75) is 19.4 Å². The Labute approximate surface area is 77.0 Å². The molecule has 3 N–H and O–H groups in total. The molecule has 2 unspecified atom stereocenters. The minimum absolute atomic E-state index is 0.0203. The van der Waals surface area contributed by atoms with Crippen LogP contribution >= 0.6 is 0 Å². The highest BCUT2D eigenvalue weighted by atomic mass is 16.3. The second-order valence-corrected chi connectivity index (χ2v) is 2.67. The molecule has 0 heterocycles. The van der Waals surface area contributed by atoms with Crippen LogP contribution in [0.1, 0.15) is 13.3 Å². The number of carbonyl (C=O) groups is 1. The number of aliphatic hydroxyl groups excluding tert-OH is 2. The van der Waals surface area contributed by atoms with E-state index in [1.54, 1.807) is 6.92 Å². The zero-order valence-electron chi connectivity index (χ0n) is 7.53. The van der Waals surface area contributed by atoms with Crippen molar-refractivity contribution in [2.24, 2.45) is 5.92 Å². The summed E-state index contributed by atoms with van der Waals surface area (Å²) in [6.07, 6.45) is -0.516. The molecule has 0 spiro atoms. The van der Waals surface area contributed by atoms with E-state index >= 15 is 0 Å². The Bertz CT molecular complexity index is 200. The highest BCUT2D eigenvalue weighted by Crippen LogP contribution is 1.99. The van der Waals surface area contributed by atoms with Gasteiger partial charge in [-0.1, -0.05) is 6.92 Å². The van der Waals surface area contributed by atoms with E-state index in [2.05, 4.69) is 5.32 Å². The smallest absolute Gasteiger partial charge is 0.237 e. The van der Waals surface area contributed by atoms with Crippen LogP contribution in [0.4, 0.5) is 0 Å². The minimum Gasteiger partial charge on any atom is -0.394 e. The number of amides is 1. The van der Waals surface area contributed by atoms with Gasteiger partial charge >= 0.3 is 0 Å². The summed E-state index contributed by atoms with van der Waals surface area (Å²) in [7, 11) is 0. The highest BCUT2D eigenvalue weighted by molar-refractivity contribution is 5.80. The molecule has 13 heavy (non-hydrogen) atoms. The summed E-state index contributed by atoms with van der Waals surface area (Å²) in [6, 6.07) is 1.84. The predicted octanol–water partition coefficient (Wildman–Crippen LogP) is -0.994. The zero-order valence-corrected chi connectivity index (χ0v) is 7.53. The van der Waals surface area contributed by atoms with Crippen LogP contribution in [0.5, 0.6) is 0 Å². The summed E-state index contributed by atoms with van der Waals surface area (Å²) in [5.74, 6) is -1.08. The van der Waals surface area contributed by atoms with E-state index in [1.807, 2.05) is 6.07 Å². The first kappa shape index (κ1) is 11.9. The van der Waals surface area contributed by atoms with Gasteiger partial charge in [0.05, 0.1) is 18.8 Å². The third-order valence-electron chi connectivity index (χ3n) is 1.60. The van der Waals surface area contributed by atoms with Crippen LogP contribution in [0.3, 0.4) is 0 Å². The molecule has 0 bridgehead atoms. The molecule has 0 radical (unpaired) electrons. The Balaban J connectivity index is 3.81. The van der Waals surface area contributed by atoms with Gasteiger partial charge in [0, 0.05) is 6.54 Å². The van der Waals surface area contributed by atoms with Crippen molar-refractivity contribution >= 4 is 5.91 Å². The van der Waals surface area contributed by atoms with Gasteiger partial charge in [-0.25, -0.2) is 0 Å². The van der Waals surface area contributed by atoms with Crippen molar-refractivity contribution in [1.29, 1.82) is 5.26 Å². The predicted molar refractivity (Wildman–Crippen MR) is 45.5 cm³/mol. The molecular weight excluding hydrogens is 172 g/mol. The van der Waals surface area contributed by atoms with Gasteiger partial charge < -0.3 is 15.5 Å². The van der Waals surface area contributed by atoms with Crippen LogP contribution in [0.25, 0.3) is 0 Å². The Morgan fingerprint density at radius 3 is 2.69 bits per heavy atom. The molecule has 2 atom stereocenters. The molecule has 5 heteroatoms. The Hall–Kier alpha value is -1.12. The third-order valence-corrected chi connectivity index (χ3v) is 1.60. The first-order valence-corrected chi connectivity index (χ1v) is 4.11. The maximum Gasteiger partial charge on any atom is 0.237 e. The van der Waals surface area contributed by atoms with Gasteiger partial charge in [0.1, 0.15) is 5.92 Å². The van der Waals surface area contributed by atoms with Gasteiger partial charge in [-0.3, -0.25) is 4.79 Å². The average Bonchev–Trinajstić information content (AvgIpc) is 2.16. The molecule has 0 aromatic heterocycles. The highest BCUT2D eigenvalue weighted by Gasteiger charge is 2.15. The average molecular weight is 186 g/mol. The number of rotatable bonds is 5. The first-order valence-electron chi connectivity index (χ1n) is 4.11. The lowest BCUT2D eigenvalue weighted by Gasteiger charge is -2.10. The normalized spacial score (nSPS) is 14.3. The van der Waals surface area contributed by atoms with Crippen molar-refractivity contribution < 1.29 is 15.0 Å². The Morgan fingerprint density at radius 1 is 1.69 bits per heavy atom. The molecule has 0 saturated heterocycles. The van der Waals surface area contributed by atoms with Crippen molar-refractivity contribution in [3.63, 3.8) is 0 Å². The molecule has 0 aliphatic carbocycles. The minimum atomic E-state index is -0.958. The van der Waals surface area contributed by atoms with Crippen LogP contribution < -0.4 is 5.32 Å². The molecular formula is C8H14N2O3. The fourth-order valence-corrected chi connectivity index (χ4v) is 0.741. The Kier molecular flexibility index (Phi) is 5.85. The van der Waals surface area contributed by atoms with Crippen molar-refractivity contribution in [3.8, 4) is 6.07 Å². The molecule has 0 rings (SSSR count). The largest absolute Gasteiger partial charge is 0.394 e. The molecule has 0 fully saturated rings.